The van der Waals surface area contributed by atoms with Gasteiger partial charge in [0.2, 0.25) is 5.76 Å². The zero-order valence-corrected chi connectivity index (χ0v) is 10.9. The van der Waals surface area contributed by atoms with Crippen molar-refractivity contribution in [3.05, 3.63) is 23.7 Å². The van der Waals surface area contributed by atoms with E-state index in [1.54, 1.807) is 6.07 Å². The van der Waals surface area contributed by atoms with E-state index in [-0.39, 0.29) is 11.8 Å². The number of hydrogen-bond acceptors (Lipinski definition) is 5. The van der Waals surface area contributed by atoms with E-state index in [0.29, 0.717) is 12.5 Å². The third-order valence-electron chi connectivity index (χ3n) is 3.53. The van der Waals surface area contributed by atoms with Gasteiger partial charge in [0, 0.05) is 12.6 Å². The smallest absolute Gasteiger partial charge is 0.373 e. The quantitative estimate of drug-likeness (QED) is 0.820. The number of nitrogens with zero attached hydrogens (tertiary/aromatic N) is 1. The molecule has 1 aliphatic rings. The van der Waals surface area contributed by atoms with Crippen molar-refractivity contribution in [1.82, 2.24) is 4.90 Å². The number of piperidine rings is 1. The van der Waals surface area contributed by atoms with Crippen molar-refractivity contribution in [3.8, 4) is 0 Å². The second kappa shape index (κ2) is 5.54. The van der Waals surface area contributed by atoms with E-state index >= 15 is 0 Å². The molecule has 1 saturated heterocycles. The van der Waals surface area contributed by atoms with E-state index in [2.05, 4.69) is 16.6 Å². The maximum absolute atomic E-state index is 11.3. The highest BCUT2D eigenvalue weighted by Crippen LogP contribution is 2.18. The Morgan fingerprint density at radius 1 is 1.61 bits per heavy atom. The fourth-order valence-corrected chi connectivity index (χ4v) is 2.21. The van der Waals surface area contributed by atoms with E-state index in [9.17, 15) is 4.79 Å². The van der Waals surface area contributed by atoms with Crippen molar-refractivity contribution in [2.45, 2.75) is 25.9 Å². The van der Waals surface area contributed by atoms with Gasteiger partial charge in [-0.1, -0.05) is 6.92 Å². The average Bonchev–Trinajstić information content (AvgIpc) is 2.81. The first-order chi connectivity index (χ1) is 8.60. The second-order valence-electron chi connectivity index (χ2n) is 4.92. The van der Waals surface area contributed by atoms with Crippen LogP contribution in [0.3, 0.4) is 0 Å². The maximum atomic E-state index is 11.3. The lowest BCUT2D eigenvalue weighted by molar-refractivity contribution is 0.0560. The molecule has 0 spiro atoms. The largest absolute Gasteiger partial charge is 0.463 e. The van der Waals surface area contributed by atoms with Gasteiger partial charge in [-0.25, -0.2) is 4.79 Å². The van der Waals surface area contributed by atoms with Crippen LogP contribution in [0.1, 0.15) is 29.7 Å². The SMILES string of the molecule is COC(=O)c1ccc(CN2CCC(C)C(N)C2)o1. The molecule has 2 rings (SSSR count). The zero-order chi connectivity index (χ0) is 13.1. The predicted octanol–water partition coefficient (Wildman–Crippen LogP) is 1.24. The molecule has 0 aliphatic carbocycles. The van der Waals surface area contributed by atoms with Gasteiger partial charge in [-0.05, 0) is 31.0 Å². The summed E-state index contributed by atoms with van der Waals surface area (Å²) in [5.41, 5.74) is 6.05. The molecule has 0 amide bonds. The molecule has 0 bridgehead atoms. The minimum Gasteiger partial charge on any atom is -0.463 e. The molecule has 0 aromatic carbocycles. The summed E-state index contributed by atoms with van der Waals surface area (Å²) in [5.74, 6) is 1.16. The summed E-state index contributed by atoms with van der Waals surface area (Å²) >= 11 is 0. The fourth-order valence-electron chi connectivity index (χ4n) is 2.21. The molecule has 1 aliphatic heterocycles. The molecule has 2 atom stereocenters. The zero-order valence-electron chi connectivity index (χ0n) is 10.9. The molecule has 1 aromatic rings. The lowest BCUT2D eigenvalue weighted by Crippen LogP contribution is -2.47. The van der Waals surface area contributed by atoms with Gasteiger partial charge in [0.1, 0.15) is 5.76 Å². The number of rotatable bonds is 3. The van der Waals surface area contributed by atoms with Gasteiger partial charge in [-0.15, -0.1) is 0 Å². The van der Waals surface area contributed by atoms with Gasteiger partial charge in [0.05, 0.1) is 13.7 Å². The Balaban J connectivity index is 1.93. The highest BCUT2D eigenvalue weighted by atomic mass is 16.5. The summed E-state index contributed by atoms with van der Waals surface area (Å²) in [6.45, 7) is 4.76. The normalized spacial score (nSPS) is 25.1. The third kappa shape index (κ3) is 2.91. The number of ether oxygens (including phenoxy) is 1. The van der Waals surface area contributed by atoms with Crippen LogP contribution in [0.4, 0.5) is 0 Å². The monoisotopic (exact) mass is 252 g/mol. The number of nitrogens with two attached hydrogens (primary N) is 1. The van der Waals surface area contributed by atoms with Gasteiger partial charge in [-0.3, -0.25) is 4.90 Å². The fraction of sp³-hybridized carbons (Fsp3) is 0.615. The molecule has 18 heavy (non-hydrogen) atoms. The van der Waals surface area contributed by atoms with Crippen molar-refractivity contribution in [2.24, 2.45) is 11.7 Å². The lowest BCUT2D eigenvalue weighted by atomic mass is 9.94. The van der Waals surface area contributed by atoms with Crippen LogP contribution in [0, 0.1) is 5.92 Å². The van der Waals surface area contributed by atoms with E-state index in [1.807, 2.05) is 6.07 Å². The lowest BCUT2D eigenvalue weighted by Gasteiger charge is -2.34. The first kappa shape index (κ1) is 13.1. The molecule has 2 N–H and O–H groups in total. The number of hydrogen-bond donors (Lipinski definition) is 1. The van der Waals surface area contributed by atoms with Crippen LogP contribution in [0.25, 0.3) is 0 Å². The molecule has 0 saturated carbocycles. The highest BCUT2D eigenvalue weighted by molar-refractivity contribution is 5.86. The number of furan rings is 1. The highest BCUT2D eigenvalue weighted by Gasteiger charge is 2.24. The molecular formula is C13H20N2O3. The van der Waals surface area contributed by atoms with Crippen LogP contribution in [-0.4, -0.2) is 37.1 Å². The van der Waals surface area contributed by atoms with Crippen molar-refractivity contribution >= 4 is 5.97 Å². The van der Waals surface area contributed by atoms with Crippen molar-refractivity contribution in [3.63, 3.8) is 0 Å². The predicted molar refractivity (Wildman–Crippen MR) is 67.1 cm³/mol. The van der Waals surface area contributed by atoms with Crippen molar-refractivity contribution in [1.29, 1.82) is 0 Å². The first-order valence-electron chi connectivity index (χ1n) is 6.25. The van der Waals surface area contributed by atoms with Crippen LogP contribution >= 0.6 is 0 Å². The minimum absolute atomic E-state index is 0.216. The molecule has 1 fully saturated rings. The molecule has 100 valence electrons. The number of esters is 1. The van der Waals surface area contributed by atoms with Gasteiger partial charge < -0.3 is 14.9 Å². The van der Waals surface area contributed by atoms with Gasteiger partial charge >= 0.3 is 5.97 Å². The van der Waals surface area contributed by atoms with E-state index in [1.165, 1.54) is 7.11 Å². The summed E-state index contributed by atoms with van der Waals surface area (Å²) < 4.78 is 10.0. The van der Waals surface area contributed by atoms with Gasteiger partial charge in [-0.2, -0.15) is 0 Å². The molecular weight excluding hydrogens is 232 g/mol. The molecule has 0 radical (unpaired) electrons. The number of methoxy groups -OCH3 is 1. The Labute approximate surface area is 107 Å². The van der Waals surface area contributed by atoms with Crippen LogP contribution in [0.5, 0.6) is 0 Å². The Hall–Kier alpha value is -1.33. The Kier molecular flexibility index (Phi) is 4.04. The maximum Gasteiger partial charge on any atom is 0.373 e. The minimum atomic E-state index is -0.440. The van der Waals surface area contributed by atoms with E-state index < -0.39 is 5.97 Å². The molecule has 2 unspecified atom stereocenters. The van der Waals surface area contributed by atoms with E-state index in [4.69, 9.17) is 10.2 Å². The summed E-state index contributed by atoms with van der Waals surface area (Å²) in [5, 5.41) is 0. The molecule has 2 heterocycles. The van der Waals surface area contributed by atoms with Crippen LogP contribution in [-0.2, 0) is 11.3 Å². The Bertz CT molecular complexity index is 416. The summed E-state index contributed by atoms with van der Waals surface area (Å²) in [7, 11) is 1.34. The van der Waals surface area contributed by atoms with Gasteiger partial charge in [0.15, 0.2) is 0 Å². The van der Waals surface area contributed by atoms with E-state index in [0.717, 1.165) is 25.3 Å². The first-order valence-corrected chi connectivity index (χ1v) is 6.25. The molecule has 5 nitrogen and oxygen atoms in total. The summed E-state index contributed by atoms with van der Waals surface area (Å²) in [6.07, 6.45) is 1.10. The van der Waals surface area contributed by atoms with Gasteiger partial charge in [0.25, 0.3) is 0 Å². The number of carbonyl (C=O) groups is 1. The molecule has 1 aromatic heterocycles. The van der Waals surface area contributed by atoms with Crippen LogP contribution in [0.2, 0.25) is 0 Å². The standard InChI is InChI=1S/C13H20N2O3/c1-9-5-6-15(8-11(9)14)7-10-3-4-12(18-10)13(16)17-2/h3-4,9,11H,5-8,14H2,1-2H3. The summed E-state index contributed by atoms with van der Waals surface area (Å²) in [6, 6.07) is 3.68. The third-order valence-corrected chi connectivity index (χ3v) is 3.53. The van der Waals surface area contributed by atoms with Crippen LogP contribution < -0.4 is 5.73 Å². The topological polar surface area (TPSA) is 68.7 Å². The second-order valence-corrected chi connectivity index (χ2v) is 4.92. The summed E-state index contributed by atoms with van der Waals surface area (Å²) in [4.78, 5) is 13.5. The average molecular weight is 252 g/mol. The Morgan fingerprint density at radius 2 is 2.39 bits per heavy atom. The molecule has 5 heteroatoms. The Morgan fingerprint density at radius 3 is 3.06 bits per heavy atom. The van der Waals surface area contributed by atoms with Crippen LogP contribution in [0.15, 0.2) is 16.5 Å². The number of likely N-dealkylation sites (tertiary alicyclic amines) is 1. The van der Waals surface area contributed by atoms with Crippen molar-refractivity contribution in [2.75, 3.05) is 20.2 Å². The van der Waals surface area contributed by atoms with Crippen molar-refractivity contribution < 1.29 is 13.9 Å². The number of carbonyl (C=O) groups excluding carboxylic acids is 1.